The molecule has 0 aliphatic carbocycles. The number of ether oxygens (including phenoxy) is 2. The molecule has 0 aliphatic rings. The maximum Gasteiger partial charge on any atom is 0.343 e. The SMILES string of the molecule is CCCCCOc1ccc(C=Nc2ccc(C(=O)Oc3ccccc3Cl)cc2)cc1. The molecule has 3 aromatic carbocycles. The van der Waals surface area contributed by atoms with Gasteiger partial charge in [0, 0.05) is 6.21 Å². The van der Waals surface area contributed by atoms with E-state index in [0.717, 1.165) is 30.0 Å². The fourth-order valence-corrected chi connectivity index (χ4v) is 2.89. The van der Waals surface area contributed by atoms with Crippen molar-refractivity contribution in [2.24, 2.45) is 4.99 Å². The highest BCUT2D eigenvalue weighted by Crippen LogP contribution is 2.24. The van der Waals surface area contributed by atoms with Crippen LogP contribution in [0.3, 0.4) is 0 Å². The van der Waals surface area contributed by atoms with Gasteiger partial charge in [-0.15, -0.1) is 0 Å². The second kappa shape index (κ2) is 11.2. The first kappa shape index (κ1) is 21.6. The molecule has 0 atom stereocenters. The highest BCUT2D eigenvalue weighted by molar-refractivity contribution is 6.32. The third-order valence-corrected chi connectivity index (χ3v) is 4.71. The topological polar surface area (TPSA) is 47.9 Å². The van der Waals surface area contributed by atoms with Crippen LogP contribution in [0.4, 0.5) is 5.69 Å². The summed E-state index contributed by atoms with van der Waals surface area (Å²) in [5.74, 6) is 0.738. The summed E-state index contributed by atoms with van der Waals surface area (Å²) in [4.78, 5) is 16.7. The van der Waals surface area contributed by atoms with Crippen LogP contribution in [0.2, 0.25) is 5.02 Å². The van der Waals surface area contributed by atoms with Gasteiger partial charge in [0.1, 0.15) is 11.5 Å². The van der Waals surface area contributed by atoms with E-state index in [-0.39, 0.29) is 0 Å². The number of aliphatic imine (C=N–C) groups is 1. The fraction of sp³-hybridized carbons (Fsp3) is 0.200. The second-order valence-corrected chi connectivity index (χ2v) is 7.16. The minimum atomic E-state index is -0.465. The number of hydrogen-bond acceptors (Lipinski definition) is 4. The molecule has 4 nitrogen and oxygen atoms in total. The summed E-state index contributed by atoms with van der Waals surface area (Å²) in [6.45, 7) is 2.92. The average Bonchev–Trinajstić information content (AvgIpc) is 2.78. The Morgan fingerprint density at radius 3 is 2.40 bits per heavy atom. The zero-order chi connectivity index (χ0) is 21.2. The smallest absolute Gasteiger partial charge is 0.343 e. The molecule has 5 heteroatoms. The summed E-state index contributed by atoms with van der Waals surface area (Å²) in [6, 6.07) is 21.6. The number of rotatable bonds is 9. The van der Waals surface area contributed by atoms with Gasteiger partial charge in [0.15, 0.2) is 0 Å². The van der Waals surface area contributed by atoms with Crippen LogP contribution in [0.1, 0.15) is 42.1 Å². The predicted molar refractivity (Wildman–Crippen MR) is 122 cm³/mol. The van der Waals surface area contributed by atoms with Gasteiger partial charge in [0.25, 0.3) is 0 Å². The molecule has 0 aromatic heterocycles. The van der Waals surface area contributed by atoms with Crippen LogP contribution < -0.4 is 9.47 Å². The van der Waals surface area contributed by atoms with Gasteiger partial charge in [-0.1, -0.05) is 43.5 Å². The van der Waals surface area contributed by atoms with Crippen LogP contribution in [0.15, 0.2) is 77.8 Å². The zero-order valence-electron chi connectivity index (χ0n) is 16.9. The molecule has 0 fully saturated rings. The van der Waals surface area contributed by atoms with Crippen molar-refractivity contribution in [2.75, 3.05) is 6.61 Å². The summed E-state index contributed by atoms with van der Waals surface area (Å²) in [6.07, 6.45) is 5.21. The van der Waals surface area contributed by atoms with Crippen molar-refractivity contribution in [1.82, 2.24) is 0 Å². The van der Waals surface area contributed by atoms with Gasteiger partial charge >= 0.3 is 5.97 Å². The van der Waals surface area contributed by atoms with E-state index in [1.54, 1.807) is 54.7 Å². The average molecular weight is 422 g/mol. The molecule has 0 heterocycles. The number of esters is 1. The van der Waals surface area contributed by atoms with Crippen molar-refractivity contribution in [3.63, 3.8) is 0 Å². The summed E-state index contributed by atoms with van der Waals surface area (Å²) < 4.78 is 11.0. The highest BCUT2D eigenvalue weighted by atomic mass is 35.5. The van der Waals surface area contributed by atoms with Crippen LogP contribution in [0.5, 0.6) is 11.5 Å². The van der Waals surface area contributed by atoms with E-state index >= 15 is 0 Å². The third-order valence-electron chi connectivity index (χ3n) is 4.40. The Kier molecular flexibility index (Phi) is 8.04. The Bertz CT molecular complexity index is 982. The molecule has 0 spiro atoms. The minimum absolute atomic E-state index is 0.337. The maximum atomic E-state index is 12.3. The van der Waals surface area contributed by atoms with Crippen LogP contribution in [-0.2, 0) is 0 Å². The number of unbranched alkanes of at least 4 members (excludes halogenated alkanes) is 2. The molecule has 0 unspecified atom stereocenters. The van der Waals surface area contributed by atoms with E-state index in [0.29, 0.717) is 16.3 Å². The summed E-state index contributed by atoms with van der Waals surface area (Å²) in [5.41, 5.74) is 2.14. The van der Waals surface area contributed by atoms with Gasteiger partial charge in [-0.2, -0.15) is 0 Å². The van der Waals surface area contributed by atoms with Crippen LogP contribution in [-0.4, -0.2) is 18.8 Å². The number of halogens is 1. The van der Waals surface area contributed by atoms with Gasteiger partial charge in [-0.3, -0.25) is 4.99 Å². The van der Waals surface area contributed by atoms with Crippen molar-refractivity contribution in [2.45, 2.75) is 26.2 Å². The molecule has 0 saturated heterocycles. The Labute approximate surface area is 182 Å². The molecule has 0 N–H and O–H groups in total. The van der Waals surface area contributed by atoms with E-state index in [4.69, 9.17) is 21.1 Å². The summed E-state index contributed by atoms with van der Waals surface area (Å²) >= 11 is 6.02. The molecule has 0 radical (unpaired) electrons. The predicted octanol–water partition coefficient (Wildman–Crippen LogP) is 6.88. The second-order valence-electron chi connectivity index (χ2n) is 6.75. The number of nitrogens with zero attached hydrogens (tertiary/aromatic N) is 1. The fourth-order valence-electron chi connectivity index (χ4n) is 2.71. The van der Waals surface area contributed by atoms with Gasteiger partial charge in [-0.05, 0) is 72.6 Å². The Hall–Kier alpha value is -3.11. The largest absolute Gasteiger partial charge is 0.494 e. The van der Waals surface area contributed by atoms with Crippen molar-refractivity contribution >= 4 is 29.5 Å². The van der Waals surface area contributed by atoms with E-state index < -0.39 is 5.97 Å². The van der Waals surface area contributed by atoms with Crippen molar-refractivity contribution < 1.29 is 14.3 Å². The lowest BCUT2D eigenvalue weighted by atomic mass is 10.2. The maximum absolute atomic E-state index is 12.3. The first-order valence-corrected chi connectivity index (χ1v) is 10.4. The lowest BCUT2D eigenvalue weighted by Crippen LogP contribution is -2.08. The summed E-state index contributed by atoms with van der Waals surface area (Å²) in [5, 5.41) is 0.393. The highest BCUT2D eigenvalue weighted by Gasteiger charge is 2.10. The monoisotopic (exact) mass is 421 g/mol. The van der Waals surface area contributed by atoms with E-state index in [1.807, 2.05) is 24.3 Å². The zero-order valence-corrected chi connectivity index (χ0v) is 17.6. The number of carbonyl (C=O) groups excluding carboxylic acids is 1. The molecule has 0 saturated carbocycles. The molecule has 3 rings (SSSR count). The number of hydrogen-bond donors (Lipinski definition) is 0. The molecule has 0 aliphatic heterocycles. The summed E-state index contributed by atoms with van der Waals surface area (Å²) in [7, 11) is 0. The molecular weight excluding hydrogens is 398 g/mol. The molecule has 0 amide bonds. The molecule has 0 bridgehead atoms. The van der Waals surface area contributed by atoms with E-state index in [2.05, 4.69) is 11.9 Å². The lowest BCUT2D eigenvalue weighted by molar-refractivity contribution is 0.0735. The number of benzene rings is 3. The van der Waals surface area contributed by atoms with Gasteiger partial charge in [-0.25, -0.2) is 4.79 Å². The van der Waals surface area contributed by atoms with Crippen molar-refractivity contribution in [3.05, 3.63) is 88.9 Å². The number of carbonyl (C=O) groups is 1. The van der Waals surface area contributed by atoms with Crippen LogP contribution >= 0.6 is 11.6 Å². The first-order chi connectivity index (χ1) is 14.7. The van der Waals surface area contributed by atoms with Gasteiger partial charge < -0.3 is 9.47 Å². The Morgan fingerprint density at radius 1 is 0.967 bits per heavy atom. The normalized spacial score (nSPS) is 10.9. The third kappa shape index (κ3) is 6.46. The molecule has 30 heavy (non-hydrogen) atoms. The van der Waals surface area contributed by atoms with Crippen LogP contribution in [0.25, 0.3) is 0 Å². The standard InChI is InChI=1S/C25H24ClNO3/c1-2-3-6-17-29-22-15-9-19(10-16-22)18-27-21-13-11-20(12-14-21)25(28)30-24-8-5-4-7-23(24)26/h4-5,7-16,18H,2-3,6,17H2,1H3. The van der Waals surface area contributed by atoms with E-state index in [1.165, 1.54) is 12.8 Å². The Balaban J connectivity index is 1.55. The quantitative estimate of drug-likeness (QED) is 0.164. The molecule has 3 aromatic rings. The van der Waals surface area contributed by atoms with Gasteiger partial charge in [0.2, 0.25) is 0 Å². The lowest BCUT2D eigenvalue weighted by Gasteiger charge is -2.06. The van der Waals surface area contributed by atoms with Crippen molar-refractivity contribution in [1.29, 1.82) is 0 Å². The van der Waals surface area contributed by atoms with E-state index in [9.17, 15) is 4.79 Å². The van der Waals surface area contributed by atoms with Crippen LogP contribution in [0, 0.1) is 0 Å². The minimum Gasteiger partial charge on any atom is -0.494 e. The molecule has 154 valence electrons. The molecular formula is C25H24ClNO3. The van der Waals surface area contributed by atoms with Gasteiger partial charge in [0.05, 0.1) is 22.9 Å². The first-order valence-electron chi connectivity index (χ1n) is 9.99. The van der Waals surface area contributed by atoms with Crippen molar-refractivity contribution in [3.8, 4) is 11.5 Å². The Morgan fingerprint density at radius 2 is 1.70 bits per heavy atom. The number of para-hydroxylation sites is 1.